The molecule has 140 valence electrons. The van der Waals surface area contributed by atoms with Crippen molar-refractivity contribution in [3.8, 4) is 10.6 Å². The second-order valence-electron chi connectivity index (χ2n) is 6.90. The molecule has 0 aromatic carbocycles. The molecule has 0 amide bonds. The van der Waals surface area contributed by atoms with E-state index in [9.17, 15) is 0 Å². The van der Waals surface area contributed by atoms with Crippen molar-refractivity contribution in [3.05, 3.63) is 35.6 Å². The lowest BCUT2D eigenvalue weighted by atomic mass is 9.84. The van der Waals surface area contributed by atoms with Crippen molar-refractivity contribution in [1.82, 2.24) is 20.3 Å². The first-order valence-electron chi connectivity index (χ1n) is 9.57. The van der Waals surface area contributed by atoms with E-state index in [1.165, 1.54) is 48.6 Å². The Morgan fingerprint density at radius 2 is 1.96 bits per heavy atom. The molecule has 2 N–H and O–H groups in total. The summed E-state index contributed by atoms with van der Waals surface area (Å²) in [5, 5.41) is 7.46. The predicted octanol–water partition coefficient (Wildman–Crippen LogP) is 4.59. The monoisotopic (exact) mass is 372 g/mol. The maximum Gasteiger partial charge on any atom is 0.137 e. The lowest BCUT2D eigenvalue weighted by Crippen LogP contribution is -2.30. The Morgan fingerprint density at radius 3 is 2.62 bits per heavy atom. The fourth-order valence-corrected chi connectivity index (χ4v) is 4.40. The predicted molar refractivity (Wildman–Crippen MR) is 109 cm³/mol. The first kappa shape index (κ1) is 17.6. The Bertz CT molecular complexity index is 799. The van der Waals surface area contributed by atoms with E-state index in [1.807, 2.05) is 17.8 Å². The van der Waals surface area contributed by atoms with Crippen molar-refractivity contribution < 1.29 is 6.16 Å². The van der Waals surface area contributed by atoms with E-state index in [4.69, 9.17) is 4.74 Å². The van der Waals surface area contributed by atoms with Crippen LogP contribution in [-0.2, 0) is 4.74 Å². The van der Waals surface area contributed by atoms with Gasteiger partial charge in [-0.1, -0.05) is 19.3 Å². The number of hydrogen-bond donors (Lipinski definition) is 2. The second kappa shape index (κ2) is 8.75. The largest absolute Gasteiger partial charge is 0.379 e. The van der Waals surface area contributed by atoms with Gasteiger partial charge in [0.25, 0.3) is 0 Å². The highest BCUT2D eigenvalue weighted by atomic mass is 32.1. The van der Waals surface area contributed by atoms with Crippen molar-refractivity contribution in [2.24, 2.45) is 0 Å². The van der Waals surface area contributed by atoms with Crippen molar-refractivity contribution in [3.63, 3.8) is 0 Å². The number of rotatable bonds is 2. The van der Waals surface area contributed by atoms with Crippen molar-refractivity contribution in [1.29, 1.82) is 0 Å². The van der Waals surface area contributed by atoms with Crippen LogP contribution in [0, 0.1) is 0 Å². The van der Waals surface area contributed by atoms with Crippen LogP contribution >= 0.6 is 11.3 Å². The summed E-state index contributed by atoms with van der Waals surface area (Å²) < 4.78 is 5.01. The van der Waals surface area contributed by atoms with Crippen molar-refractivity contribution >= 4 is 22.4 Å². The summed E-state index contributed by atoms with van der Waals surface area (Å²) in [5.74, 6) is 0.694. The van der Waals surface area contributed by atoms with E-state index >= 15 is 0 Å². The number of ether oxygens (including phenoxy) is 1. The minimum Gasteiger partial charge on any atom is -0.379 e. The summed E-state index contributed by atoms with van der Waals surface area (Å²) in [6.07, 6.45) is 12.7. The molecule has 1 aliphatic heterocycles. The number of H-pyrrole nitrogens is 1. The summed E-state index contributed by atoms with van der Waals surface area (Å²) in [6.45, 7) is 3.83. The van der Waals surface area contributed by atoms with Gasteiger partial charge in [0.05, 0.1) is 13.2 Å². The maximum atomic E-state index is 5.01. The summed E-state index contributed by atoms with van der Waals surface area (Å²) >= 11 is 1.68. The van der Waals surface area contributed by atoms with Gasteiger partial charge in [-0.2, -0.15) is 0 Å². The molecular weight excluding hydrogens is 344 g/mol. The van der Waals surface area contributed by atoms with Gasteiger partial charge < -0.3 is 15.0 Å². The number of hydrogen-bond acceptors (Lipinski definition) is 5. The molecule has 1 saturated heterocycles. The van der Waals surface area contributed by atoms with E-state index in [2.05, 4.69) is 32.5 Å². The number of nitrogens with one attached hydrogen (secondary N) is 2. The molecule has 4 heterocycles. The van der Waals surface area contributed by atoms with Crippen LogP contribution in [0.15, 0.2) is 30.0 Å². The van der Waals surface area contributed by atoms with Gasteiger partial charge in [0, 0.05) is 49.4 Å². The number of nitrogens with zero attached hydrogens (tertiary/aromatic N) is 2. The lowest BCUT2D eigenvalue weighted by Gasteiger charge is -2.21. The third-order valence-electron chi connectivity index (χ3n) is 5.14. The maximum absolute atomic E-state index is 5.01. The Hall–Kier alpha value is -1.76. The Labute approximate surface area is 159 Å². The van der Waals surface area contributed by atoms with Gasteiger partial charge in [-0.05, 0) is 30.4 Å². The first-order chi connectivity index (χ1) is 12.9. The number of aromatic nitrogens is 3. The number of thiazole rings is 1. The van der Waals surface area contributed by atoms with E-state index < -0.39 is 0 Å². The molecule has 6 heteroatoms. The van der Waals surface area contributed by atoms with Crippen LogP contribution in [0.4, 0.5) is 0 Å². The number of morpholine rings is 1. The van der Waals surface area contributed by atoms with Crippen molar-refractivity contribution in [2.45, 2.75) is 38.0 Å². The molecule has 3 aromatic heterocycles. The van der Waals surface area contributed by atoms with Crippen LogP contribution in [0.2, 0.25) is 0 Å². The molecular formula is C20H28N4OS. The quantitative estimate of drug-likeness (QED) is 0.691. The number of fused-ring (bicyclic) bond motifs is 1. The lowest BCUT2D eigenvalue weighted by molar-refractivity contribution is 0.109. The zero-order valence-electron chi connectivity index (χ0n) is 15.0. The van der Waals surface area contributed by atoms with Gasteiger partial charge in [-0.25, -0.2) is 9.97 Å². The molecule has 3 aromatic rings. The van der Waals surface area contributed by atoms with E-state index in [1.54, 1.807) is 11.3 Å². The van der Waals surface area contributed by atoms with Crippen LogP contribution in [0.1, 0.15) is 45.0 Å². The van der Waals surface area contributed by atoms with Crippen molar-refractivity contribution in [2.75, 3.05) is 26.3 Å². The fourth-order valence-electron chi connectivity index (χ4n) is 3.73. The molecule has 0 unspecified atom stereocenters. The molecule has 0 atom stereocenters. The standard InChI is InChI=1S/C16H17N3S.C4H9NO.H2/c1-2-4-11(5-3-1)12-8-13-14(16-17-6-7-20-16)10-19-15(13)18-9-12;1-3-6-4-2-5-1;/h6-11H,1-5H2,(H,18,19);5H,1-4H2;1H. The van der Waals surface area contributed by atoms with E-state index in [-0.39, 0.29) is 1.43 Å². The van der Waals surface area contributed by atoms with Crippen LogP contribution in [0.3, 0.4) is 0 Å². The Balaban J connectivity index is 0.000000259. The highest BCUT2D eigenvalue weighted by molar-refractivity contribution is 7.13. The van der Waals surface area contributed by atoms with Crippen LogP contribution in [0.25, 0.3) is 21.6 Å². The minimum atomic E-state index is 0. The molecule has 2 aliphatic rings. The van der Waals surface area contributed by atoms with Gasteiger partial charge in [0.15, 0.2) is 0 Å². The third kappa shape index (κ3) is 4.14. The molecule has 5 rings (SSSR count). The van der Waals surface area contributed by atoms with Gasteiger partial charge in [0.2, 0.25) is 0 Å². The zero-order valence-corrected chi connectivity index (χ0v) is 15.9. The molecule has 26 heavy (non-hydrogen) atoms. The number of aromatic amines is 1. The highest BCUT2D eigenvalue weighted by Gasteiger charge is 2.17. The smallest absolute Gasteiger partial charge is 0.137 e. The van der Waals surface area contributed by atoms with Crippen LogP contribution in [0.5, 0.6) is 0 Å². The summed E-state index contributed by atoms with van der Waals surface area (Å²) in [5.41, 5.74) is 3.55. The fraction of sp³-hybridized carbons (Fsp3) is 0.500. The topological polar surface area (TPSA) is 62.8 Å². The number of pyridine rings is 1. The molecule has 2 fully saturated rings. The van der Waals surface area contributed by atoms with Gasteiger partial charge in [-0.3, -0.25) is 0 Å². The van der Waals surface area contributed by atoms with E-state index in [0.29, 0.717) is 5.92 Å². The van der Waals surface area contributed by atoms with Crippen LogP contribution < -0.4 is 5.32 Å². The molecule has 0 spiro atoms. The van der Waals surface area contributed by atoms with Gasteiger partial charge in [-0.15, -0.1) is 11.3 Å². The normalized spacial score (nSPS) is 18.5. The summed E-state index contributed by atoms with van der Waals surface area (Å²) in [7, 11) is 0. The second-order valence-corrected chi connectivity index (χ2v) is 7.80. The average Bonchev–Trinajstić information content (AvgIpc) is 3.39. The van der Waals surface area contributed by atoms with E-state index in [0.717, 1.165) is 37.0 Å². The molecule has 0 radical (unpaired) electrons. The summed E-state index contributed by atoms with van der Waals surface area (Å²) in [6, 6.07) is 2.32. The minimum absolute atomic E-state index is 0. The zero-order chi connectivity index (χ0) is 17.6. The molecule has 1 saturated carbocycles. The van der Waals surface area contributed by atoms with Gasteiger partial charge in [0.1, 0.15) is 10.7 Å². The molecule has 5 nitrogen and oxygen atoms in total. The SMILES string of the molecule is C1COCCN1.[HH].c1csc(-c2c[nH]c3ncc(C4CCCCC4)cc23)n1. The molecule has 0 bridgehead atoms. The average molecular weight is 373 g/mol. The van der Waals surface area contributed by atoms with Crippen LogP contribution in [-0.4, -0.2) is 41.3 Å². The van der Waals surface area contributed by atoms with Gasteiger partial charge >= 0.3 is 0 Å². The highest BCUT2D eigenvalue weighted by Crippen LogP contribution is 2.35. The Morgan fingerprint density at radius 1 is 1.12 bits per heavy atom. The summed E-state index contributed by atoms with van der Waals surface area (Å²) in [4.78, 5) is 12.3. The first-order valence-corrected chi connectivity index (χ1v) is 10.4. The Kier molecular flexibility index (Phi) is 5.94. The third-order valence-corrected chi connectivity index (χ3v) is 5.94. The molecule has 1 aliphatic carbocycles.